The first-order valence-electron chi connectivity index (χ1n) is 13.7. The summed E-state index contributed by atoms with van der Waals surface area (Å²) in [6, 6.07) is 24.9. The number of hydrogen-bond acceptors (Lipinski definition) is 6. The van der Waals surface area contributed by atoms with Gasteiger partial charge in [0.15, 0.2) is 5.78 Å². The Morgan fingerprint density at radius 1 is 0.884 bits per heavy atom. The predicted octanol–water partition coefficient (Wildman–Crippen LogP) is 7.35. The summed E-state index contributed by atoms with van der Waals surface area (Å²) in [4.78, 5) is 13.8. The number of nitrogens with zero attached hydrogens (tertiary/aromatic N) is 1. The van der Waals surface area contributed by atoms with Gasteiger partial charge in [-0.2, -0.15) is 0 Å². The van der Waals surface area contributed by atoms with E-state index in [1.54, 1.807) is 73.7 Å². The third-order valence-corrected chi connectivity index (χ3v) is 10.9. The van der Waals surface area contributed by atoms with Crippen LogP contribution >= 0.6 is 0 Å². The summed E-state index contributed by atoms with van der Waals surface area (Å²) in [5, 5.41) is 0.550. The Bertz CT molecular complexity index is 2190. The van der Waals surface area contributed by atoms with Crippen LogP contribution in [0.4, 0.5) is 5.69 Å². The summed E-state index contributed by atoms with van der Waals surface area (Å²) >= 11 is 0. The molecule has 1 aliphatic rings. The molecule has 0 amide bonds. The molecule has 0 unspecified atom stereocenters. The van der Waals surface area contributed by atoms with Crippen molar-refractivity contribution in [2.75, 3.05) is 17.6 Å². The fourth-order valence-electron chi connectivity index (χ4n) is 5.42. The summed E-state index contributed by atoms with van der Waals surface area (Å²) in [5.41, 5.74) is 5.10. The molecule has 1 aromatic heterocycles. The first kappa shape index (κ1) is 28.6. The Morgan fingerprint density at radius 2 is 1.58 bits per heavy atom. The third-order valence-electron chi connectivity index (χ3n) is 7.80. The van der Waals surface area contributed by atoms with E-state index >= 15 is 0 Å². The van der Waals surface area contributed by atoms with Gasteiger partial charge in [-0.1, -0.05) is 73.2 Å². The number of aryl methyl sites for hydroxylation is 1. The van der Waals surface area contributed by atoms with Crippen LogP contribution in [0.25, 0.3) is 44.4 Å². The number of rotatable bonds is 7. The van der Waals surface area contributed by atoms with Gasteiger partial charge < -0.3 is 4.42 Å². The number of sulfone groups is 1. The number of sulfonamides is 1. The molecule has 0 saturated heterocycles. The van der Waals surface area contributed by atoms with Gasteiger partial charge in [0.05, 0.1) is 27.3 Å². The highest BCUT2D eigenvalue weighted by Gasteiger charge is 2.31. The van der Waals surface area contributed by atoms with Gasteiger partial charge in [-0.15, -0.1) is 0 Å². The number of ketones is 1. The molecule has 9 heteroatoms. The molecule has 0 aliphatic carbocycles. The molecule has 0 spiro atoms. The number of carbonyl (C=O) groups is 1. The normalized spacial score (nSPS) is 14.0. The molecule has 2 heterocycles. The van der Waals surface area contributed by atoms with Crippen molar-refractivity contribution in [1.29, 1.82) is 0 Å². The molecular formula is C34H29NO6S2. The number of anilines is 1. The third kappa shape index (κ3) is 4.88. The predicted molar refractivity (Wildman–Crippen MR) is 171 cm³/mol. The van der Waals surface area contributed by atoms with Gasteiger partial charge in [-0.25, -0.2) is 16.8 Å². The molecule has 0 saturated carbocycles. The average molecular weight is 612 g/mol. The second-order valence-electron chi connectivity index (χ2n) is 10.7. The lowest BCUT2D eigenvalue weighted by Crippen LogP contribution is -2.25. The van der Waals surface area contributed by atoms with Crippen molar-refractivity contribution in [3.63, 3.8) is 0 Å². The zero-order valence-corrected chi connectivity index (χ0v) is 25.7. The zero-order valence-electron chi connectivity index (χ0n) is 24.1. The van der Waals surface area contributed by atoms with Crippen LogP contribution in [0.3, 0.4) is 0 Å². The number of fused-ring (bicyclic) bond motifs is 2. The van der Waals surface area contributed by atoms with Crippen molar-refractivity contribution in [2.24, 2.45) is 0 Å². The van der Waals surface area contributed by atoms with Gasteiger partial charge in [0, 0.05) is 36.0 Å². The lowest BCUT2D eigenvalue weighted by molar-refractivity contribution is 0.0989. The van der Waals surface area contributed by atoms with Crippen molar-refractivity contribution in [1.82, 2.24) is 0 Å². The maximum atomic E-state index is 13.4. The SMILES string of the molecule is CCC(=O)c1c(-c2ccc(C)cc2)oc2cc(N(C)S(C)(=O)=O)c(-c3cccc(C4=Cc5ccccc5S4(=O)=O)c3)cc12. The highest BCUT2D eigenvalue weighted by molar-refractivity contribution is 8.01. The monoisotopic (exact) mass is 611 g/mol. The van der Waals surface area contributed by atoms with Crippen molar-refractivity contribution in [3.05, 3.63) is 107 Å². The van der Waals surface area contributed by atoms with E-state index in [1.165, 1.54) is 7.05 Å². The lowest BCUT2D eigenvalue weighted by Gasteiger charge is -2.21. The molecular weight excluding hydrogens is 583 g/mol. The fourth-order valence-corrected chi connectivity index (χ4v) is 7.58. The van der Waals surface area contributed by atoms with Crippen molar-refractivity contribution in [2.45, 2.75) is 25.2 Å². The second kappa shape index (κ2) is 10.4. The second-order valence-corrected chi connectivity index (χ2v) is 14.6. The highest BCUT2D eigenvalue weighted by atomic mass is 32.2. The smallest absolute Gasteiger partial charge is 0.232 e. The molecule has 218 valence electrons. The Hall–Kier alpha value is -4.47. The van der Waals surface area contributed by atoms with Gasteiger partial charge in [0.1, 0.15) is 11.3 Å². The minimum atomic E-state index is -3.74. The fraction of sp³-hybridized carbons (Fsp3) is 0.147. The molecule has 0 radical (unpaired) electrons. The summed E-state index contributed by atoms with van der Waals surface area (Å²) in [6.07, 6.45) is 3.00. The zero-order chi connectivity index (χ0) is 30.7. The van der Waals surface area contributed by atoms with Crippen LogP contribution in [0.15, 0.2) is 94.2 Å². The first-order chi connectivity index (χ1) is 20.4. The van der Waals surface area contributed by atoms with Gasteiger partial charge in [0.2, 0.25) is 19.9 Å². The molecule has 6 rings (SSSR count). The van der Waals surface area contributed by atoms with Gasteiger partial charge >= 0.3 is 0 Å². The van der Waals surface area contributed by atoms with Gasteiger partial charge in [0.25, 0.3) is 0 Å². The Labute approximate surface area is 251 Å². The van der Waals surface area contributed by atoms with Crippen LogP contribution in [0.2, 0.25) is 0 Å². The summed E-state index contributed by atoms with van der Waals surface area (Å²) in [6.45, 7) is 3.75. The molecule has 5 aromatic rings. The van der Waals surface area contributed by atoms with E-state index in [9.17, 15) is 21.6 Å². The molecule has 0 fully saturated rings. The van der Waals surface area contributed by atoms with Crippen LogP contribution in [0, 0.1) is 6.92 Å². The van der Waals surface area contributed by atoms with Crippen LogP contribution in [-0.4, -0.2) is 35.9 Å². The van der Waals surface area contributed by atoms with E-state index < -0.39 is 19.9 Å². The molecule has 0 N–H and O–H groups in total. The lowest BCUT2D eigenvalue weighted by atomic mass is 9.95. The van der Waals surface area contributed by atoms with Crippen molar-refractivity contribution >= 4 is 53.3 Å². The topological polar surface area (TPSA) is 102 Å². The molecule has 43 heavy (non-hydrogen) atoms. The van der Waals surface area contributed by atoms with Crippen molar-refractivity contribution < 1.29 is 26.0 Å². The number of hydrogen-bond donors (Lipinski definition) is 0. The van der Waals surface area contributed by atoms with Gasteiger partial charge in [-0.05, 0) is 47.9 Å². The summed E-state index contributed by atoms with van der Waals surface area (Å²) < 4.78 is 59.8. The Kier molecular flexibility index (Phi) is 6.90. The Morgan fingerprint density at radius 3 is 2.26 bits per heavy atom. The van der Waals surface area contributed by atoms with E-state index in [0.29, 0.717) is 50.2 Å². The molecule has 7 nitrogen and oxygen atoms in total. The summed E-state index contributed by atoms with van der Waals surface area (Å²) in [7, 11) is -5.99. The van der Waals surface area contributed by atoms with Crippen molar-refractivity contribution in [3.8, 4) is 22.5 Å². The number of Topliss-reactive ketones (excluding diaryl/α,β-unsaturated/α-hetero) is 1. The van der Waals surface area contributed by atoms with Crippen LogP contribution in [-0.2, 0) is 19.9 Å². The van der Waals surface area contributed by atoms with E-state index in [1.807, 2.05) is 31.2 Å². The van der Waals surface area contributed by atoms with Crippen LogP contribution < -0.4 is 4.31 Å². The average Bonchev–Trinajstić information content (AvgIpc) is 3.49. The van der Waals surface area contributed by atoms with Crippen LogP contribution in [0.5, 0.6) is 0 Å². The number of benzene rings is 4. The Balaban J connectivity index is 1.61. The molecule has 1 aliphatic heterocycles. The largest absolute Gasteiger partial charge is 0.455 e. The minimum absolute atomic E-state index is 0.113. The standard InChI is InChI=1S/C34H29NO6S2/c1-5-29(36)33-27-19-26(23-10-8-11-24(17-23)32-18-25-9-6-7-12-31(25)43(32,39)40)28(35(3)42(4,37)38)20-30(27)41-34(33)22-15-13-21(2)14-16-22/h6-20H,5H2,1-4H3. The maximum Gasteiger partial charge on any atom is 0.232 e. The van der Waals surface area contributed by atoms with Crippen LogP contribution in [0.1, 0.15) is 40.4 Å². The number of furan rings is 1. The van der Waals surface area contributed by atoms with E-state index in [2.05, 4.69) is 0 Å². The highest BCUT2D eigenvalue weighted by Crippen LogP contribution is 2.44. The molecule has 0 atom stereocenters. The number of carbonyl (C=O) groups excluding carboxylic acids is 1. The first-order valence-corrected chi connectivity index (χ1v) is 17.0. The van der Waals surface area contributed by atoms with E-state index in [-0.39, 0.29) is 22.0 Å². The van der Waals surface area contributed by atoms with E-state index in [4.69, 9.17) is 4.42 Å². The van der Waals surface area contributed by atoms with Gasteiger partial charge in [-0.3, -0.25) is 9.10 Å². The molecule has 0 bridgehead atoms. The maximum absolute atomic E-state index is 13.4. The van der Waals surface area contributed by atoms with E-state index in [0.717, 1.165) is 21.7 Å². The quantitative estimate of drug-likeness (QED) is 0.178. The minimum Gasteiger partial charge on any atom is -0.455 e. The summed E-state index contributed by atoms with van der Waals surface area (Å²) in [5.74, 6) is 0.305. The molecule has 4 aromatic carbocycles.